The van der Waals surface area contributed by atoms with Gasteiger partial charge in [-0.1, -0.05) is 24.3 Å². The normalized spacial score (nSPS) is 14.9. The molecular weight excluding hydrogens is 186 g/mol. The van der Waals surface area contributed by atoms with Crippen LogP contribution in [0.4, 0.5) is 0 Å². The van der Waals surface area contributed by atoms with Gasteiger partial charge in [0.1, 0.15) is 0 Å². The van der Waals surface area contributed by atoms with Gasteiger partial charge in [0.2, 0.25) is 0 Å². The van der Waals surface area contributed by atoms with Crippen LogP contribution in [0.1, 0.15) is 37.4 Å². The molecule has 0 aliphatic carbocycles. The molecule has 0 radical (unpaired) electrons. The molecule has 2 nitrogen and oxygen atoms in total. The first kappa shape index (κ1) is 12.2. The Morgan fingerprint density at radius 1 is 1.27 bits per heavy atom. The smallest absolute Gasteiger partial charge is 0.0524 e. The summed E-state index contributed by atoms with van der Waals surface area (Å²) in [4.78, 5) is 0. The van der Waals surface area contributed by atoms with E-state index in [4.69, 9.17) is 5.11 Å². The van der Waals surface area contributed by atoms with E-state index in [-0.39, 0.29) is 6.10 Å². The molecule has 0 saturated carbocycles. The molecule has 0 fully saturated rings. The molecule has 0 aromatic heterocycles. The minimum atomic E-state index is -0.221. The Hall–Kier alpha value is -0.860. The predicted octanol–water partition coefficient (Wildman–Crippen LogP) is 2.42. The predicted molar refractivity (Wildman–Crippen MR) is 63.9 cm³/mol. The fraction of sp³-hybridized carbons (Fsp3) is 0.538. The number of hydrogen-bond acceptors (Lipinski definition) is 2. The number of benzene rings is 1. The largest absolute Gasteiger partial charge is 0.393 e. The first-order valence-electron chi connectivity index (χ1n) is 5.58. The second-order valence-corrected chi connectivity index (χ2v) is 4.17. The topological polar surface area (TPSA) is 32.3 Å². The maximum absolute atomic E-state index is 9.15. The monoisotopic (exact) mass is 207 g/mol. The van der Waals surface area contributed by atoms with Crippen LogP contribution in [0, 0.1) is 6.92 Å². The second-order valence-electron chi connectivity index (χ2n) is 4.17. The minimum Gasteiger partial charge on any atom is -0.393 e. The van der Waals surface area contributed by atoms with E-state index in [9.17, 15) is 0 Å². The summed E-state index contributed by atoms with van der Waals surface area (Å²) in [5.74, 6) is 0. The third kappa shape index (κ3) is 4.02. The summed E-state index contributed by atoms with van der Waals surface area (Å²) < 4.78 is 0. The molecule has 0 unspecified atom stereocenters. The maximum Gasteiger partial charge on any atom is 0.0524 e. The van der Waals surface area contributed by atoms with Crippen molar-refractivity contribution in [3.05, 3.63) is 35.4 Å². The second kappa shape index (κ2) is 5.89. The lowest BCUT2D eigenvalue weighted by Gasteiger charge is -2.16. The highest BCUT2D eigenvalue weighted by molar-refractivity contribution is 5.28. The van der Waals surface area contributed by atoms with E-state index in [1.165, 1.54) is 11.1 Å². The Morgan fingerprint density at radius 3 is 2.53 bits per heavy atom. The fourth-order valence-corrected chi connectivity index (χ4v) is 1.69. The van der Waals surface area contributed by atoms with E-state index < -0.39 is 0 Å². The molecule has 0 aliphatic rings. The average Bonchev–Trinajstić information content (AvgIpc) is 2.17. The van der Waals surface area contributed by atoms with Gasteiger partial charge in [-0.15, -0.1) is 0 Å². The zero-order chi connectivity index (χ0) is 11.3. The van der Waals surface area contributed by atoms with Crippen molar-refractivity contribution in [1.29, 1.82) is 0 Å². The molecule has 1 aromatic rings. The van der Waals surface area contributed by atoms with Crippen molar-refractivity contribution in [3.63, 3.8) is 0 Å². The zero-order valence-electron chi connectivity index (χ0n) is 9.83. The van der Waals surface area contributed by atoms with Crippen LogP contribution in [-0.4, -0.2) is 17.8 Å². The summed E-state index contributed by atoms with van der Waals surface area (Å²) in [6, 6.07) is 8.75. The van der Waals surface area contributed by atoms with Gasteiger partial charge >= 0.3 is 0 Å². The Kier molecular flexibility index (Phi) is 4.79. The Morgan fingerprint density at radius 2 is 1.93 bits per heavy atom. The third-order valence-electron chi connectivity index (χ3n) is 2.67. The van der Waals surface area contributed by atoms with Gasteiger partial charge in [-0.05, 0) is 44.9 Å². The lowest BCUT2D eigenvalue weighted by molar-refractivity contribution is 0.182. The quantitative estimate of drug-likeness (QED) is 0.777. The van der Waals surface area contributed by atoms with Crippen molar-refractivity contribution >= 4 is 0 Å². The highest BCUT2D eigenvalue weighted by Gasteiger charge is 2.06. The molecular formula is C13H21NO. The average molecular weight is 207 g/mol. The van der Waals surface area contributed by atoms with Crippen LogP contribution in [0.3, 0.4) is 0 Å². The SMILES string of the molecule is Cc1ccccc1[C@@H](C)NCC[C@@H](C)O. The van der Waals surface area contributed by atoms with Crippen molar-refractivity contribution < 1.29 is 5.11 Å². The molecule has 0 saturated heterocycles. The van der Waals surface area contributed by atoms with E-state index >= 15 is 0 Å². The molecule has 0 amide bonds. The number of aliphatic hydroxyl groups excluding tert-OH is 1. The van der Waals surface area contributed by atoms with Gasteiger partial charge in [-0.25, -0.2) is 0 Å². The Bertz CT molecular complexity index is 296. The van der Waals surface area contributed by atoms with Crippen LogP contribution in [-0.2, 0) is 0 Å². The molecule has 84 valence electrons. The lowest BCUT2D eigenvalue weighted by Crippen LogP contribution is -2.23. The standard InChI is InChI=1S/C13H21NO/c1-10-6-4-5-7-13(10)12(3)14-9-8-11(2)15/h4-7,11-12,14-15H,8-9H2,1-3H3/t11-,12-/m1/s1. The van der Waals surface area contributed by atoms with E-state index in [1.54, 1.807) is 0 Å². The minimum absolute atomic E-state index is 0.221. The van der Waals surface area contributed by atoms with Gasteiger partial charge < -0.3 is 10.4 Å². The van der Waals surface area contributed by atoms with Crippen molar-refractivity contribution in [1.82, 2.24) is 5.32 Å². The molecule has 0 bridgehead atoms. The molecule has 0 heterocycles. The summed E-state index contributed by atoms with van der Waals surface area (Å²) >= 11 is 0. The molecule has 2 N–H and O–H groups in total. The molecule has 15 heavy (non-hydrogen) atoms. The van der Waals surface area contributed by atoms with Crippen molar-refractivity contribution in [2.45, 2.75) is 39.3 Å². The van der Waals surface area contributed by atoms with Crippen LogP contribution < -0.4 is 5.32 Å². The summed E-state index contributed by atoms with van der Waals surface area (Å²) in [5.41, 5.74) is 2.65. The van der Waals surface area contributed by atoms with Crippen molar-refractivity contribution in [3.8, 4) is 0 Å². The van der Waals surface area contributed by atoms with E-state index in [0.717, 1.165) is 13.0 Å². The van der Waals surface area contributed by atoms with Crippen molar-refractivity contribution in [2.75, 3.05) is 6.54 Å². The molecule has 1 rings (SSSR count). The zero-order valence-corrected chi connectivity index (χ0v) is 9.83. The van der Waals surface area contributed by atoms with Crippen LogP contribution >= 0.6 is 0 Å². The van der Waals surface area contributed by atoms with Crippen LogP contribution in [0.2, 0.25) is 0 Å². The van der Waals surface area contributed by atoms with Crippen LogP contribution in [0.25, 0.3) is 0 Å². The van der Waals surface area contributed by atoms with Gasteiger partial charge in [0.15, 0.2) is 0 Å². The third-order valence-corrected chi connectivity index (χ3v) is 2.67. The molecule has 1 aromatic carbocycles. The molecule has 2 heteroatoms. The molecule has 0 aliphatic heterocycles. The first-order valence-corrected chi connectivity index (χ1v) is 5.58. The molecule has 0 spiro atoms. The van der Waals surface area contributed by atoms with Gasteiger partial charge in [-0.3, -0.25) is 0 Å². The van der Waals surface area contributed by atoms with Gasteiger partial charge in [0.25, 0.3) is 0 Å². The number of nitrogens with one attached hydrogen (secondary N) is 1. The lowest BCUT2D eigenvalue weighted by atomic mass is 10.0. The number of aryl methyl sites for hydroxylation is 1. The number of rotatable bonds is 5. The maximum atomic E-state index is 9.15. The van der Waals surface area contributed by atoms with E-state index in [0.29, 0.717) is 6.04 Å². The van der Waals surface area contributed by atoms with Crippen LogP contribution in [0.5, 0.6) is 0 Å². The molecule has 2 atom stereocenters. The highest BCUT2D eigenvalue weighted by atomic mass is 16.3. The van der Waals surface area contributed by atoms with Gasteiger partial charge in [0, 0.05) is 6.04 Å². The summed E-state index contributed by atoms with van der Waals surface area (Å²) in [7, 11) is 0. The van der Waals surface area contributed by atoms with Gasteiger partial charge in [-0.2, -0.15) is 0 Å². The van der Waals surface area contributed by atoms with E-state index in [1.807, 2.05) is 6.92 Å². The summed E-state index contributed by atoms with van der Waals surface area (Å²) in [5, 5.41) is 12.6. The number of hydrogen-bond donors (Lipinski definition) is 2. The Balaban J connectivity index is 2.47. The van der Waals surface area contributed by atoms with E-state index in [2.05, 4.69) is 43.4 Å². The summed E-state index contributed by atoms with van der Waals surface area (Å²) in [6.07, 6.45) is 0.581. The first-order chi connectivity index (χ1) is 7.11. The fourth-order valence-electron chi connectivity index (χ4n) is 1.69. The highest BCUT2D eigenvalue weighted by Crippen LogP contribution is 2.16. The Labute approximate surface area is 92.3 Å². The van der Waals surface area contributed by atoms with Crippen LogP contribution in [0.15, 0.2) is 24.3 Å². The summed E-state index contributed by atoms with van der Waals surface area (Å²) in [6.45, 7) is 6.96. The van der Waals surface area contributed by atoms with Gasteiger partial charge in [0.05, 0.1) is 6.10 Å². The number of aliphatic hydroxyl groups is 1. The van der Waals surface area contributed by atoms with Crippen molar-refractivity contribution in [2.24, 2.45) is 0 Å².